The summed E-state index contributed by atoms with van der Waals surface area (Å²) in [5, 5.41) is 4.07. The molecule has 1 aromatic rings. The molecule has 3 rings (SSSR count). The number of likely N-dealkylation sites (tertiary alicyclic amines) is 1. The van der Waals surface area contributed by atoms with E-state index in [9.17, 15) is 4.79 Å². The van der Waals surface area contributed by atoms with Gasteiger partial charge in [0.05, 0.1) is 0 Å². The molecular formula is C16H25N3O2. The lowest BCUT2D eigenvalue weighted by atomic mass is 9.90. The first-order valence-electron chi connectivity index (χ1n) is 8.05. The lowest BCUT2D eigenvalue weighted by Gasteiger charge is -2.36. The van der Waals surface area contributed by atoms with Crippen LogP contribution in [0.2, 0.25) is 0 Å². The molecule has 0 radical (unpaired) electrons. The molecule has 0 bridgehead atoms. The van der Waals surface area contributed by atoms with Gasteiger partial charge in [0.15, 0.2) is 5.82 Å². The van der Waals surface area contributed by atoms with Crippen molar-refractivity contribution in [3.05, 3.63) is 11.7 Å². The van der Waals surface area contributed by atoms with E-state index >= 15 is 0 Å². The van der Waals surface area contributed by atoms with Crippen LogP contribution in [0.25, 0.3) is 0 Å². The SMILES string of the molecule is CC(C)(C)C(=O)N1CCC[C@@H](Cc2nc(C3CC3)no2)C1. The van der Waals surface area contributed by atoms with Crippen LogP contribution in [0.5, 0.6) is 0 Å². The summed E-state index contributed by atoms with van der Waals surface area (Å²) in [7, 11) is 0. The first-order valence-corrected chi connectivity index (χ1v) is 8.05. The minimum absolute atomic E-state index is 0.247. The average molecular weight is 291 g/mol. The maximum Gasteiger partial charge on any atom is 0.227 e. The third-order valence-electron chi connectivity index (χ3n) is 4.34. The van der Waals surface area contributed by atoms with E-state index in [2.05, 4.69) is 10.1 Å². The zero-order valence-electron chi connectivity index (χ0n) is 13.3. The van der Waals surface area contributed by atoms with E-state index in [1.807, 2.05) is 25.7 Å². The zero-order chi connectivity index (χ0) is 15.0. The van der Waals surface area contributed by atoms with Crippen LogP contribution in [0.1, 0.15) is 64.1 Å². The van der Waals surface area contributed by atoms with Crippen LogP contribution in [0.4, 0.5) is 0 Å². The fraction of sp³-hybridized carbons (Fsp3) is 0.812. The molecule has 1 saturated heterocycles. The molecule has 5 heteroatoms. The van der Waals surface area contributed by atoms with E-state index in [0.717, 1.165) is 44.1 Å². The Morgan fingerprint density at radius 1 is 1.33 bits per heavy atom. The molecule has 21 heavy (non-hydrogen) atoms. The van der Waals surface area contributed by atoms with E-state index < -0.39 is 0 Å². The van der Waals surface area contributed by atoms with Gasteiger partial charge in [-0.25, -0.2) is 0 Å². The second-order valence-electron chi connectivity index (χ2n) is 7.53. The number of amides is 1. The Balaban J connectivity index is 1.59. The molecule has 2 fully saturated rings. The predicted octanol–water partition coefficient (Wildman–Crippen LogP) is 2.77. The molecule has 1 aliphatic carbocycles. The highest BCUT2D eigenvalue weighted by Gasteiger charge is 2.32. The molecule has 116 valence electrons. The number of rotatable bonds is 3. The minimum atomic E-state index is -0.300. The van der Waals surface area contributed by atoms with Gasteiger partial charge in [0.1, 0.15) is 0 Å². The highest BCUT2D eigenvalue weighted by Crippen LogP contribution is 2.38. The topological polar surface area (TPSA) is 59.2 Å². The Morgan fingerprint density at radius 2 is 2.10 bits per heavy atom. The first-order chi connectivity index (χ1) is 9.93. The van der Waals surface area contributed by atoms with Gasteiger partial charge in [-0.2, -0.15) is 4.98 Å². The number of hydrogen-bond donors (Lipinski definition) is 0. The van der Waals surface area contributed by atoms with Crippen LogP contribution in [-0.2, 0) is 11.2 Å². The van der Waals surface area contributed by atoms with E-state index in [1.54, 1.807) is 0 Å². The number of piperidine rings is 1. The summed E-state index contributed by atoms with van der Waals surface area (Å²) in [5.74, 6) is 2.84. The van der Waals surface area contributed by atoms with Crippen LogP contribution >= 0.6 is 0 Å². The molecule has 1 aliphatic heterocycles. The lowest BCUT2D eigenvalue weighted by molar-refractivity contribution is -0.141. The van der Waals surface area contributed by atoms with Crippen molar-refractivity contribution in [3.8, 4) is 0 Å². The lowest BCUT2D eigenvalue weighted by Crippen LogP contribution is -2.45. The zero-order valence-corrected chi connectivity index (χ0v) is 13.3. The van der Waals surface area contributed by atoms with Crippen molar-refractivity contribution in [1.82, 2.24) is 15.0 Å². The van der Waals surface area contributed by atoms with Crippen LogP contribution in [0.15, 0.2) is 4.52 Å². The third-order valence-corrected chi connectivity index (χ3v) is 4.34. The second-order valence-corrected chi connectivity index (χ2v) is 7.53. The molecule has 0 N–H and O–H groups in total. The molecule has 2 aliphatic rings. The van der Waals surface area contributed by atoms with Gasteiger partial charge in [0.2, 0.25) is 11.8 Å². The fourth-order valence-electron chi connectivity index (χ4n) is 3.00. The van der Waals surface area contributed by atoms with Gasteiger partial charge >= 0.3 is 0 Å². The third kappa shape index (κ3) is 3.44. The average Bonchev–Trinajstić information content (AvgIpc) is 3.18. The molecule has 2 heterocycles. The number of carbonyl (C=O) groups is 1. The highest BCUT2D eigenvalue weighted by molar-refractivity contribution is 5.81. The first kappa shape index (κ1) is 14.5. The Bertz CT molecular complexity index is 514. The van der Waals surface area contributed by atoms with E-state index in [1.165, 1.54) is 12.8 Å². The molecule has 0 unspecified atom stereocenters. The quantitative estimate of drug-likeness (QED) is 0.859. The van der Waals surface area contributed by atoms with Crippen LogP contribution in [-0.4, -0.2) is 34.0 Å². The van der Waals surface area contributed by atoms with Crippen molar-refractivity contribution in [3.63, 3.8) is 0 Å². The monoisotopic (exact) mass is 291 g/mol. The molecule has 0 spiro atoms. The van der Waals surface area contributed by atoms with Crippen LogP contribution < -0.4 is 0 Å². The Kier molecular flexibility index (Phi) is 3.76. The van der Waals surface area contributed by atoms with Crippen LogP contribution in [0, 0.1) is 11.3 Å². The van der Waals surface area contributed by atoms with E-state index in [4.69, 9.17) is 4.52 Å². The summed E-state index contributed by atoms with van der Waals surface area (Å²) in [5.41, 5.74) is -0.300. The molecular weight excluding hydrogens is 266 g/mol. The second kappa shape index (κ2) is 5.43. The number of nitrogens with zero attached hydrogens (tertiary/aromatic N) is 3. The summed E-state index contributed by atoms with van der Waals surface area (Å²) in [4.78, 5) is 18.9. The van der Waals surface area contributed by atoms with Gasteiger partial charge < -0.3 is 9.42 Å². The van der Waals surface area contributed by atoms with Gasteiger partial charge in [-0.1, -0.05) is 25.9 Å². The van der Waals surface area contributed by atoms with Gasteiger partial charge in [-0.3, -0.25) is 4.79 Å². The summed E-state index contributed by atoms with van der Waals surface area (Å²) < 4.78 is 5.37. The molecule has 5 nitrogen and oxygen atoms in total. The number of aromatic nitrogens is 2. The van der Waals surface area contributed by atoms with Gasteiger partial charge in [0, 0.05) is 30.8 Å². The van der Waals surface area contributed by atoms with Gasteiger partial charge in [-0.05, 0) is 31.6 Å². The Hall–Kier alpha value is -1.39. The van der Waals surface area contributed by atoms with Gasteiger partial charge in [0.25, 0.3) is 0 Å². The largest absolute Gasteiger partial charge is 0.342 e. The maximum absolute atomic E-state index is 12.4. The van der Waals surface area contributed by atoms with Crippen molar-refractivity contribution in [1.29, 1.82) is 0 Å². The van der Waals surface area contributed by atoms with Crippen molar-refractivity contribution < 1.29 is 9.32 Å². The number of hydrogen-bond acceptors (Lipinski definition) is 4. The van der Waals surface area contributed by atoms with E-state index in [0.29, 0.717) is 11.8 Å². The van der Waals surface area contributed by atoms with E-state index in [-0.39, 0.29) is 11.3 Å². The number of carbonyl (C=O) groups excluding carboxylic acids is 1. The summed E-state index contributed by atoms with van der Waals surface area (Å²) in [6, 6.07) is 0. The maximum atomic E-state index is 12.4. The summed E-state index contributed by atoms with van der Waals surface area (Å²) >= 11 is 0. The smallest absolute Gasteiger partial charge is 0.227 e. The van der Waals surface area contributed by atoms with Crippen molar-refractivity contribution >= 4 is 5.91 Å². The molecule has 0 aromatic carbocycles. The molecule has 1 atom stereocenters. The molecule has 1 amide bonds. The minimum Gasteiger partial charge on any atom is -0.342 e. The Morgan fingerprint density at radius 3 is 2.76 bits per heavy atom. The van der Waals surface area contributed by atoms with Crippen molar-refractivity contribution in [2.75, 3.05) is 13.1 Å². The van der Waals surface area contributed by atoms with Gasteiger partial charge in [-0.15, -0.1) is 0 Å². The summed E-state index contributed by atoms with van der Waals surface area (Å²) in [6.07, 6.45) is 5.38. The normalized spacial score (nSPS) is 23.4. The standard InChI is InChI=1S/C16H25N3O2/c1-16(2,3)15(20)19-8-4-5-11(10-19)9-13-17-14(18-21-13)12-6-7-12/h11-12H,4-10H2,1-3H3/t11-/m0/s1. The van der Waals surface area contributed by atoms with Crippen molar-refractivity contribution in [2.24, 2.45) is 11.3 Å². The fourth-order valence-corrected chi connectivity index (χ4v) is 3.00. The summed E-state index contributed by atoms with van der Waals surface area (Å²) in [6.45, 7) is 7.65. The predicted molar refractivity (Wildman–Crippen MR) is 78.7 cm³/mol. The van der Waals surface area contributed by atoms with Crippen molar-refractivity contribution in [2.45, 2.75) is 58.8 Å². The highest BCUT2D eigenvalue weighted by atomic mass is 16.5. The molecule has 1 saturated carbocycles. The van der Waals surface area contributed by atoms with Crippen LogP contribution in [0.3, 0.4) is 0 Å². The molecule has 1 aromatic heterocycles. The Labute approximate surface area is 126 Å².